The number of hydrogen-bond donors (Lipinski definition) is 0. The summed E-state index contributed by atoms with van der Waals surface area (Å²) in [4.78, 5) is 14.7. The van der Waals surface area contributed by atoms with E-state index in [0.717, 1.165) is 6.92 Å². The van der Waals surface area contributed by atoms with Gasteiger partial charge in [-0.2, -0.15) is 13.2 Å². The van der Waals surface area contributed by atoms with Gasteiger partial charge in [0, 0.05) is 18.5 Å². The third kappa shape index (κ3) is 4.49. The summed E-state index contributed by atoms with van der Waals surface area (Å²) < 4.78 is 74.0. The molecule has 2 aromatic carbocycles. The highest BCUT2D eigenvalue weighted by Crippen LogP contribution is 2.43. The maximum Gasteiger partial charge on any atom is 0.425 e. The molecule has 0 radical (unpaired) electrons. The first-order valence-corrected chi connectivity index (χ1v) is 10.4. The summed E-state index contributed by atoms with van der Waals surface area (Å²) in [5, 5.41) is 0. The SMILES string of the molecule is COc1cc(C(=O)N2CC[C@@]3(c4cccc(F)c4)OCO[C@H]3C2)ccc1OC(C)C(F)(F)F. The normalized spacial score (nSPS) is 23.7. The third-order valence-electron chi connectivity index (χ3n) is 6.02. The van der Waals surface area contributed by atoms with E-state index in [-0.39, 0.29) is 42.1 Å². The summed E-state index contributed by atoms with van der Waals surface area (Å²) in [7, 11) is 1.28. The van der Waals surface area contributed by atoms with E-state index < -0.39 is 24.0 Å². The van der Waals surface area contributed by atoms with Crippen LogP contribution in [0.2, 0.25) is 0 Å². The second-order valence-electron chi connectivity index (χ2n) is 7.99. The Morgan fingerprint density at radius 3 is 2.70 bits per heavy atom. The number of amides is 1. The van der Waals surface area contributed by atoms with Crippen LogP contribution in [-0.4, -0.2) is 56.2 Å². The van der Waals surface area contributed by atoms with Gasteiger partial charge in [-0.05, 0) is 42.8 Å². The van der Waals surface area contributed by atoms with Crippen LogP contribution in [-0.2, 0) is 15.1 Å². The molecule has 2 saturated heterocycles. The highest BCUT2D eigenvalue weighted by molar-refractivity contribution is 5.95. The fourth-order valence-electron chi connectivity index (χ4n) is 4.16. The van der Waals surface area contributed by atoms with E-state index in [1.165, 1.54) is 37.4 Å². The molecule has 0 aliphatic carbocycles. The van der Waals surface area contributed by atoms with Crippen LogP contribution in [0.4, 0.5) is 17.6 Å². The van der Waals surface area contributed by atoms with Gasteiger partial charge in [0.25, 0.3) is 5.91 Å². The molecule has 2 fully saturated rings. The molecule has 178 valence electrons. The Hall–Kier alpha value is -2.85. The summed E-state index contributed by atoms with van der Waals surface area (Å²) in [6.07, 6.45) is -6.67. The Bertz CT molecular complexity index is 1030. The van der Waals surface area contributed by atoms with E-state index in [1.54, 1.807) is 17.0 Å². The zero-order chi connectivity index (χ0) is 23.8. The fourth-order valence-corrected chi connectivity index (χ4v) is 4.16. The van der Waals surface area contributed by atoms with Crippen molar-refractivity contribution in [3.05, 3.63) is 59.4 Å². The van der Waals surface area contributed by atoms with E-state index in [4.69, 9.17) is 18.9 Å². The number of ether oxygens (including phenoxy) is 4. The van der Waals surface area contributed by atoms with E-state index in [0.29, 0.717) is 18.5 Å². The predicted octanol–water partition coefficient (Wildman–Crippen LogP) is 4.28. The lowest BCUT2D eigenvalue weighted by molar-refractivity contribution is -0.189. The molecule has 2 aliphatic rings. The Labute approximate surface area is 188 Å². The quantitative estimate of drug-likeness (QED) is 0.612. The van der Waals surface area contributed by atoms with Crippen molar-refractivity contribution < 1.29 is 41.3 Å². The molecule has 33 heavy (non-hydrogen) atoms. The van der Waals surface area contributed by atoms with Crippen molar-refractivity contribution >= 4 is 5.91 Å². The Balaban J connectivity index is 1.51. The van der Waals surface area contributed by atoms with Crippen LogP contribution in [0.5, 0.6) is 11.5 Å². The molecule has 2 aromatic rings. The van der Waals surface area contributed by atoms with Gasteiger partial charge in [0.1, 0.15) is 24.3 Å². The molecular formula is C23H23F4NO5. The second-order valence-corrected chi connectivity index (χ2v) is 7.99. The van der Waals surface area contributed by atoms with E-state index in [2.05, 4.69) is 0 Å². The monoisotopic (exact) mass is 469 g/mol. The molecule has 0 spiro atoms. The topological polar surface area (TPSA) is 57.2 Å². The molecule has 2 heterocycles. The molecule has 0 saturated carbocycles. The van der Waals surface area contributed by atoms with Crippen LogP contribution < -0.4 is 9.47 Å². The number of hydrogen-bond acceptors (Lipinski definition) is 5. The summed E-state index contributed by atoms with van der Waals surface area (Å²) in [5.74, 6) is -0.824. The summed E-state index contributed by atoms with van der Waals surface area (Å²) >= 11 is 0. The van der Waals surface area contributed by atoms with Crippen molar-refractivity contribution in [2.75, 3.05) is 27.0 Å². The van der Waals surface area contributed by atoms with Crippen LogP contribution in [0, 0.1) is 5.82 Å². The summed E-state index contributed by atoms with van der Waals surface area (Å²) in [6.45, 7) is 1.45. The van der Waals surface area contributed by atoms with Crippen molar-refractivity contribution in [3.63, 3.8) is 0 Å². The molecule has 0 N–H and O–H groups in total. The van der Waals surface area contributed by atoms with E-state index in [1.807, 2.05) is 0 Å². The van der Waals surface area contributed by atoms with Gasteiger partial charge in [-0.25, -0.2) is 4.39 Å². The maximum atomic E-state index is 13.8. The van der Waals surface area contributed by atoms with Gasteiger partial charge >= 0.3 is 6.18 Å². The largest absolute Gasteiger partial charge is 0.493 e. The van der Waals surface area contributed by atoms with Crippen LogP contribution in [0.25, 0.3) is 0 Å². The Morgan fingerprint density at radius 1 is 1.21 bits per heavy atom. The first kappa shape index (κ1) is 23.3. The van der Waals surface area contributed by atoms with Crippen LogP contribution in [0.1, 0.15) is 29.3 Å². The second kappa shape index (κ2) is 8.83. The third-order valence-corrected chi connectivity index (χ3v) is 6.02. The van der Waals surface area contributed by atoms with Crippen LogP contribution in [0.15, 0.2) is 42.5 Å². The van der Waals surface area contributed by atoms with Crippen molar-refractivity contribution in [1.29, 1.82) is 0 Å². The standard InChI is InChI=1S/C23H23F4NO5/c1-14(23(25,26)27)33-18-7-6-15(10-19(18)30-2)21(29)28-9-8-22(20(12-28)31-13-32-22)16-4-3-5-17(24)11-16/h3-7,10-11,14,20H,8-9,12-13H2,1-2H3/t14?,20-,22-/m0/s1. The molecule has 0 bridgehead atoms. The van der Waals surface area contributed by atoms with Gasteiger partial charge in [-0.1, -0.05) is 12.1 Å². The summed E-state index contributed by atoms with van der Waals surface area (Å²) in [6, 6.07) is 10.2. The van der Waals surface area contributed by atoms with Crippen molar-refractivity contribution in [2.45, 2.75) is 37.3 Å². The lowest BCUT2D eigenvalue weighted by Gasteiger charge is -2.42. The van der Waals surface area contributed by atoms with Crippen molar-refractivity contribution in [3.8, 4) is 11.5 Å². The minimum absolute atomic E-state index is 0.0171. The number of nitrogens with zero attached hydrogens (tertiary/aromatic N) is 1. The molecule has 4 rings (SSSR count). The molecule has 1 amide bonds. The molecule has 3 atom stereocenters. The minimum atomic E-state index is -4.54. The van der Waals surface area contributed by atoms with E-state index >= 15 is 0 Å². The number of carbonyl (C=O) groups excluding carboxylic acids is 1. The fraction of sp³-hybridized carbons (Fsp3) is 0.435. The number of likely N-dealkylation sites (tertiary alicyclic amines) is 1. The lowest BCUT2D eigenvalue weighted by atomic mass is 9.82. The van der Waals surface area contributed by atoms with Crippen molar-refractivity contribution in [1.82, 2.24) is 4.90 Å². The van der Waals surface area contributed by atoms with Gasteiger partial charge in [0.15, 0.2) is 17.6 Å². The van der Waals surface area contributed by atoms with Gasteiger partial charge < -0.3 is 23.8 Å². The van der Waals surface area contributed by atoms with E-state index in [9.17, 15) is 22.4 Å². The number of carbonyl (C=O) groups is 1. The average molecular weight is 469 g/mol. The van der Waals surface area contributed by atoms with Gasteiger partial charge in [-0.15, -0.1) is 0 Å². The average Bonchev–Trinajstić information content (AvgIpc) is 3.22. The van der Waals surface area contributed by atoms with Crippen LogP contribution >= 0.6 is 0 Å². The minimum Gasteiger partial charge on any atom is -0.493 e. The van der Waals surface area contributed by atoms with Crippen LogP contribution in [0.3, 0.4) is 0 Å². The molecule has 1 unspecified atom stereocenters. The highest BCUT2D eigenvalue weighted by Gasteiger charge is 2.51. The number of methoxy groups -OCH3 is 1. The smallest absolute Gasteiger partial charge is 0.425 e. The molecule has 10 heteroatoms. The molecule has 0 aromatic heterocycles. The predicted molar refractivity (Wildman–Crippen MR) is 109 cm³/mol. The van der Waals surface area contributed by atoms with Crippen molar-refractivity contribution in [2.24, 2.45) is 0 Å². The highest BCUT2D eigenvalue weighted by atomic mass is 19.4. The zero-order valence-corrected chi connectivity index (χ0v) is 18.0. The first-order chi connectivity index (χ1) is 15.6. The van der Waals surface area contributed by atoms with Gasteiger partial charge in [0.2, 0.25) is 0 Å². The molecular weight excluding hydrogens is 446 g/mol. The zero-order valence-electron chi connectivity index (χ0n) is 18.0. The van der Waals surface area contributed by atoms with Gasteiger partial charge in [0.05, 0.1) is 13.7 Å². The summed E-state index contributed by atoms with van der Waals surface area (Å²) in [5.41, 5.74) is 0.0391. The Kier molecular flexibility index (Phi) is 6.24. The van der Waals surface area contributed by atoms with Gasteiger partial charge in [-0.3, -0.25) is 4.79 Å². The first-order valence-electron chi connectivity index (χ1n) is 10.4. The lowest BCUT2D eigenvalue weighted by Crippen LogP contribution is -2.53. The number of rotatable bonds is 5. The number of piperidine rings is 1. The number of benzene rings is 2. The Morgan fingerprint density at radius 2 is 2.00 bits per heavy atom. The number of halogens is 4. The molecule has 2 aliphatic heterocycles. The number of alkyl halides is 3. The number of fused-ring (bicyclic) bond motifs is 1. The molecule has 6 nitrogen and oxygen atoms in total. The maximum absolute atomic E-state index is 13.8.